The highest BCUT2D eigenvalue weighted by Crippen LogP contribution is 2.42. The van der Waals surface area contributed by atoms with Crippen molar-refractivity contribution in [3.05, 3.63) is 82.5 Å². The average Bonchev–Trinajstić information content (AvgIpc) is 3.52. The van der Waals surface area contributed by atoms with E-state index >= 15 is 0 Å². The zero-order valence-corrected chi connectivity index (χ0v) is 22.7. The fourth-order valence-electron chi connectivity index (χ4n) is 5.53. The van der Waals surface area contributed by atoms with Gasteiger partial charge in [0.25, 0.3) is 5.91 Å². The number of nitrogens with one attached hydrogen (secondary N) is 1. The number of hydrogen-bond donors (Lipinski definition) is 2. The first kappa shape index (κ1) is 28.4. The van der Waals surface area contributed by atoms with Gasteiger partial charge >= 0.3 is 12.3 Å². The summed E-state index contributed by atoms with van der Waals surface area (Å²) in [5.74, 6) is -0.618. The number of amides is 2. The van der Waals surface area contributed by atoms with E-state index in [9.17, 15) is 32.3 Å². The monoisotopic (exact) mass is 573 g/mol. The van der Waals surface area contributed by atoms with E-state index in [2.05, 4.69) is 10.3 Å². The molecule has 1 saturated heterocycles. The summed E-state index contributed by atoms with van der Waals surface area (Å²) < 4.78 is 58.6. The van der Waals surface area contributed by atoms with Gasteiger partial charge in [0, 0.05) is 37.2 Å². The quantitative estimate of drug-likeness (QED) is 0.375. The van der Waals surface area contributed by atoms with E-state index in [1.165, 1.54) is 21.6 Å². The molecule has 2 fully saturated rings. The average molecular weight is 574 g/mol. The van der Waals surface area contributed by atoms with Crippen LogP contribution in [0, 0.1) is 18.7 Å². The molecule has 2 atom stereocenters. The second kappa shape index (κ2) is 11.1. The summed E-state index contributed by atoms with van der Waals surface area (Å²) in [5, 5.41) is 12.2. The first-order valence-electron chi connectivity index (χ1n) is 13.4. The minimum absolute atomic E-state index is 0.0436. The molecule has 3 aromatic rings. The van der Waals surface area contributed by atoms with Gasteiger partial charge in [-0.3, -0.25) is 4.79 Å². The third kappa shape index (κ3) is 6.31. The lowest BCUT2D eigenvalue weighted by Crippen LogP contribution is -2.41. The highest BCUT2D eigenvalue weighted by atomic mass is 19.4. The van der Waals surface area contributed by atoms with Crippen molar-refractivity contribution in [1.82, 2.24) is 14.5 Å². The van der Waals surface area contributed by atoms with E-state index in [-0.39, 0.29) is 54.2 Å². The van der Waals surface area contributed by atoms with Crippen molar-refractivity contribution in [1.29, 1.82) is 0 Å². The van der Waals surface area contributed by atoms with Crippen LogP contribution >= 0.6 is 0 Å². The van der Waals surface area contributed by atoms with Crippen LogP contribution in [-0.2, 0) is 13.6 Å². The highest BCUT2D eigenvalue weighted by Gasteiger charge is 2.46. The van der Waals surface area contributed by atoms with Gasteiger partial charge in [0.2, 0.25) is 5.62 Å². The van der Waals surface area contributed by atoms with Gasteiger partial charge in [-0.15, -0.1) is 4.99 Å². The number of carbonyl (C=O) groups excluding carboxylic acids is 1. The van der Waals surface area contributed by atoms with Gasteiger partial charge in [-0.1, -0.05) is 12.1 Å². The predicted octanol–water partition coefficient (Wildman–Crippen LogP) is 5.31. The van der Waals surface area contributed by atoms with Crippen molar-refractivity contribution in [3.8, 4) is 0 Å². The van der Waals surface area contributed by atoms with E-state index in [1.807, 2.05) is 0 Å². The van der Waals surface area contributed by atoms with Crippen LogP contribution in [0.5, 0.6) is 0 Å². The number of benzene rings is 2. The van der Waals surface area contributed by atoms with E-state index < -0.39 is 24.2 Å². The lowest BCUT2D eigenvalue weighted by molar-refractivity contribution is -0.145. The van der Waals surface area contributed by atoms with Crippen molar-refractivity contribution in [2.75, 3.05) is 11.4 Å². The van der Waals surface area contributed by atoms with Gasteiger partial charge in [-0.05, 0) is 79.5 Å². The highest BCUT2D eigenvalue weighted by molar-refractivity contribution is 5.95. The smallest absolute Gasteiger partial charge is 0.434 e. The molecule has 2 aliphatic rings. The Hall–Kier alpha value is -4.09. The molecule has 2 aromatic carbocycles. The second-order valence-electron chi connectivity index (χ2n) is 10.8. The minimum Gasteiger partial charge on any atom is -0.463 e. The number of aromatic nitrogens is 2. The molecule has 2 amide bonds. The number of aryl methyl sites for hydroxylation is 2. The summed E-state index contributed by atoms with van der Waals surface area (Å²) in [5.41, 5.74) is 2.32. The van der Waals surface area contributed by atoms with E-state index in [4.69, 9.17) is 0 Å². The number of imidazole rings is 1. The van der Waals surface area contributed by atoms with Crippen LogP contribution in [0.4, 0.5) is 28.0 Å². The second-order valence-corrected chi connectivity index (χ2v) is 10.8. The van der Waals surface area contributed by atoms with Gasteiger partial charge < -0.3 is 24.5 Å². The molecule has 218 valence electrons. The molecule has 1 aromatic heterocycles. The molecule has 0 unspecified atom stereocenters. The molecule has 0 spiro atoms. The third-order valence-electron chi connectivity index (χ3n) is 7.71. The lowest BCUT2D eigenvalue weighted by Gasteiger charge is -2.29. The van der Waals surface area contributed by atoms with Crippen LogP contribution in [0.1, 0.15) is 58.8 Å². The van der Waals surface area contributed by atoms with Gasteiger partial charge in [-0.2, -0.15) is 13.2 Å². The molecule has 2 heterocycles. The summed E-state index contributed by atoms with van der Waals surface area (Å²) >= 11 is 0. The third-order valence-corrected chi connectivity index (χ3v) is 7.71. The Morgan fingerprint density at radius 2 is 1.88 bits per heavy atom. The Balaban J connectivity index is 1.52. The van der Waals surface area contributed by atoms with Gasteiger partial charge in [0.15, 0.2) is 0 Å². The van der Waals surface area contributed by atoms with E-state index in [0.717, 1.165) is 18.4 Å². The molecular weight excluding hydrogens is 542 g/mol. The van der Waals surface area contributed by atoms with E-state index in [0.29, 0.717) is 17.5 Å². The van der Waals surface area contributed by atoms with Crippen molar-refractivity contribution in [3.63, 3.8) is 0 Å². The lowest BCUT2D eigenvalue weighted by atomic mass is 9.99. The Bertz CT molecular complexity index is 1540. The zero-order chi connectivity index (χ0) is 29.5. The summed E-state index contributed by atoms with van der Waals surface area (Å²) in [6, 6.07) is 7.36. The molecule has 2 N–H and O–H groups in total. The van der Waals surface area contributed by atoms with Crippen LogP contribution in [0.2, 0.25) is 0 Å². The molecule has 1 aliphatic heterocycles. The summed E-state index contributed by atoms with van der Waals surface area (Å²) in [6.45, 7) is 1.92. The summed E-state index contributed by atoms with van der Waals surface area (Å²) in [6.07, 6.45) is -0.485. The summed E-state index contributed by atoms with van der Waals surface area (Å²) in [4.78, 5) is 29.8. The standard InChI is InChI=1S/C29H31F4N5O3/c1-17-12-20(7-8-23(17)30)25(19-5-6-19)34-26(39)21-13-18(16-37-11-10-36(2)27(37)35-28(40)41)14-22(15-21)38-9-3-4-24(38)29(31,32)33/h7-8,10-15,19,24-25H,3-6,9,16H2,1-2H3,(H,34,39)(H,40,41)/t24-,25+/m1/s1. The maximum atomic E-state index is 13.9. The molecule has 12 heteroatoms. The molecule has 5 rings (SSSR count). The van der Waals surface area contributed by atoms with Crippen LogP contribution < -0.4 is 15.8 Å². The zero-order valence-electron chi connectivity index (χ0n) is 22.7. The topological polar surface area (TPSA) is 91.9 Å². The van der Waals surface area contributed by atoms with Gasteiger partial charge in [0.05, 0.1) is 12.6 Å². The maximum Gasteiger partial charge on any atom is 0.434 e. The molecule has 41 heavy (non-hydrogen) atoms. The number of halogens is 4. The Labute approximate surface area is 233 Å². The largest absolute Gasteiger partial charge is 0.463 e. The maximum absolute atomic E-state index is 13.9. The molecular formula is C29H31F4N5O3. The number of alkyl halides is 3. The summed E-state index contributed by atoms with van der Waals surface area (Å²) in [7, 11) is 1.63. The number of carbonyl (C=O) groups is 2. The van der Waals surface area contributed by atoms with Crippen LogP contribution in [0.15, 0.2) is 53.8 Å². The van der Waals surface area contributed by atoms with Gasteiger partial charge in [0.1, 0.15) is 11.9 Å². The molecule has 0 radical (unpaired) electrons. The fraction of sp³-hybridized carbons (Fsp3) is 0.414. The first-order chi connectivity index (χ1) is 19.4. The Morgan fingerprint density at radius 3 is 2.54 bits per heavy atom. The van der Waals surface area contributed by atoms with E-state index in [1.54, 1.807) is 55.2 Å². The van der Waals surface area contributed by atoms with Crippen molar-refractivity contribution in [2.45, 2.75) is 57.4 Å². The molecule has 1 aliphatic carbocycles. The van der Waals surface area contributed by atoms with Crippen molar-refractivity contribution >= 4 is 17.7 Å². The minimum atomic E-state index is -4.44. The normalized spacial score (nSPS) is 18.5. The van der Waals surface area contributed by atoms with Crippen LogP contribution in [0.3, 0.4) is 0 Å². The first-order valence-corrected chi connectivity index (χ1v) is 13.4. The van der Waals surface area contributed by atoms with Crippen LogP contribution in [0.25, 0.3) is 0 Å². The number of rotatable bonds is 7. The molecule has 8 nitrogen and oxygen atoms in total. The Morgan fingerprint density at radius 1 is 1.12 bits per heavy atom. The number of nitrogens with zero attached hydrogens (tertiary/aromatic N) is 4. The number of carboxylic acid groups (broad SMARTS) is 1. The molecule has 0 bridgehead atoms. The Kier molecular flexibility index (Phi) is 7.67. The SMILES string of the molecule is Cc1cc([C@@H](NC(=O)c2cc(Cn3ccn(C)c3=NC(=O)O)cc(N3CCC[C@@H]3C(F)(F)F)c2)C2CC2)ccc1F. The fourth-order valence-corrected chi connectivity index (χ4v) is 5.53. The van der Waals surface area contributed by atoms with Crippen molar-refractivity contribution < 1.29 is 32.3 Å². The van der Waals surface area contributed by atoms with Gasteiger partial charge in [-0.25, -0.2) is 9.18 Å². The number of hydrogen-bond acceptors (Lipinski definition) is 3. The van der Waals surface area contributed by atoms with Crippen molar-refractivity contribution in [2.24, 2.45) is 18.0 Å². The molecule has 1 saturated carbocycles. The number of anilines is 1. The predicted molar refractivity (Wildman–Crippen MR) is 143 cm³/mol. The van der Waals surface area contributed by atoms with Crippen LogP contribution in [-0.4, -0.2) is 45.0 Å².